The van der Waals surface area contributed by atoms with Gasteiger partial charge in [-0.15, -0.1) is 0 Å². The fraction of sp³-hybridized carbons (Fsp3) is 0.514. The van der Waals surface area contributed by atoms with E-state index in [0.29, 0.717) is 51.9 Å². The minimum atomic E-state index is -1.05. The second kappa shape index (κ2) is 23.4. The first kappa shape index (κ1) is 42.2. The third kappa shape index (κ3) is 16.8. The van der Waals surface area contributed by atoms with Crippen molar-refractivity contribution in [3.63, 3.8) is 0 Å². The molecule has 12 N–H and O–H groups in total. The molecule has 1 heterocycles. The Morgan fingerprint density at radius 1 is 0.755 bits per heavy atom. The molecule has 0 spiro atoms. The lowest BCUT2D eigenvalue weighted by Crippen LogP contribution is -2.58. The van der Waals surface area contributed by atoms with Crippen LogP contribution in [0.3, 0.4) is 0 Å². The molecule has 16 nitrogen and oxygen atoms in total. The summed E-state index contributed by atoms with van der Waals surface area (Å²) >= 11 is 0. The van der Waals surface area contributed by atoms with Crippen LogP contribution >= 0.6 is 0 Å². The molecule has 0 aliphatic carbocycles. The Hall–Kier alpha value is -5.22. The van der Waals surface area contributed by atoms with Gasteiger partial charge in [0.15, 0.2) is 5.96 Å². The number of alkyl carbamates (subject to hydrolysis) is 1. The molecule has 0 saturated carbocycles. The Balaban J connectivity index is 1.61. The van der Waals surface area contributed by atoms with Gasteiger partial charge in [-0.05, 0) is 74.8 Å². The highest BCUT2D eigenvalue weighted by Gasteiger charge is 2.32. The van der Waals surface area contributed by atoms with Crippen molar-refractivity contribution in [2.45, 2.75) is 88.6 Å². The summed E-state index contributed by atoms with van der Waals surface area (Å²) in [5, 5.41) is 10.9. The zero-order chi connectivity index (χ0) is 38.4. The summed E-state index contributed by atoms with van der Waals surface area (Å²) in [7, 11) is 0. The summed E-state index contributed by atoms with van der Waals surface area (Å²) in [5.74, 6) is -2.48. The molecule has 4 atom stereocenters. The van der Waals surface area contributed by atoms with E-state index in [1.54, 1.807) is 0 Å². The van der Waals surface area contributed by atoms with Crippen LogP contribution in [0.2, 0.25) is 0 Å². The van der Waals surface area contributed by atoms with Crippen molar-refractivity contribution >= 4 is 35.7 Å². The Bertz CT molecular complexity index is 1470. The Labute approximate surface area is 310 Å². The summed E-state index contributed by atoms with van der Waals surface area (Å²) < 4.78 is 10.7. The van der Waals surface area contributed by atoms with Crippen LogP contribution in [0.15, 0.2) is 65.7 Å². The molecule has 2 aromatic carbocycles. The van der Waals surface area contributed by atoms with Crippen molar-refractivity contribution in [3.05, 3.63) is 71.8 Å². The molecular formula is C37H55N9O7. The first-order chi connectivity index (χ1) is 25.5. The molecule has 0 aromatic heterocycles. The van der Waals surface area contributed by atoms with Gasteiger partial charge in [0.05, 0.1) is 6.04 Å². The van der Waals surface area contributed by atoms with E-state index < -0.39 is 53.9 Å². The lowest BCUT2D eigenvalue weighted by Gasteiger charge is -2.29. The third-order valence-electron chi connectivity index (χ3n) is 8.82. The van der Waals surface area contributed by atoms with Crippen LogP contribution < -0.4 is 44.2 Å². The molecule has 53 heavy (non-hydrogen) atoms. The minimum absolute atomic E-state index is 0.0637. The van der Waals surface area contributed by atoms with Gasteiger partial charge in [-0.3, -0.25) is 24.2 Å². The highest BCUT2D eigenvalue weighted by atomic mass is 16.5. The second-order valence-electron chi connectivity index (χ2n) is 13.1. The van der Waals surface area contributed by atoms with Crippen LogP contribution in [-0.4, -0.2) is 86.2 Å². The molecular weight excluding hydrogens is 682 g/mol. The molecule has 3 rings (SSSR count). The maximum Gasteiger partial charge on any atom is 0.407 e. The van der Waals surface area contributed by atoms with Crippen LogP contribution in [0.4, 0.5) is 4.79 Å². The van der Waals surface area contributed by atoms with E-state index in [1.807, 2.05) is 60.7 Å². The average molecular weight is 738 g/mol. The minimum Gasteiger partial charge on any atom is -0.445 e. The number of unbranched alkanes of at least 4 members (excludes halogenated alkanes) is 1. The van der Waals surface area contributed by atoms with Crippen molar-refractivity contribution in [2.75, 3.05) is 26.3 Å². The Morgan fingerprint density at radius 3 is 1.98 bits per heavy atom. The maximum absolute atomic E-state index is 13.8. The number of nitrogens with two attached hydrogens (primary N) is 4. The Morgan fingerprint density at radius 2 is 1.34 bits per heavy atom. The molecule has 290 valence electrons. The van der Waals surface area contributed by atoms with Gasteiger partial charge in [-0.25, -0.2) is 4.79 Å². The number of guanidine groups is 1. The number of primary amides is 1. The quantitative estimate of drug-likeness (QED) is 0.0470. The molecule has 5 amide bonds. The number of nitrogens with zero attached hydrogens (tertiary/aromatic N) is 1. The predicted octanol–water partition coefficient (Wildman–Crippen LogP) is 0.463. The molecule has 1 aliphatic heterocycles. The van der Waals surface area contributed by atoms with Gasteiger partial charge in [0, 0.05) is 26.3 Å². The number of nitrogens with one attached hydrogen (secondary N) is 4. The number of aliphatic imine (C=N–C) groups is 1. The number of amides is 5. The molecule has 0 radical (unpaired) electrons. The SMILES string of the molecule is NC(=O)[C@H](CCCCNC(=O)OCc1ccccc1)NC(=O)[C@H](CC1CCOCC1)NC(=O)[C@@H](CCCN=C(N)N)NC(=O)[C@@H](N)Cc1ccccc1. The lowest BCUT2D eigenvalue weighted by molar-refractivity contribution is -0.134. The van der Waals surface area contributed by atoms with Gasteiger partial charge in [-0.2, -0.15) is 0 Å². The van der Waals surface area contributed by atoms with E-state index in [9.17, 15) is 24.0 Å². The van der Waals surface area contributed by atoms with Crippen molar-refractivity contribution in [2.24, 2.45) is 33.8 Å². The third-order valence-corrected chi connectivity index (χ3v) is 8.82. The molecule has 1 saturated heterocycles. The highest BCUT2D eigenvalue weighted by Crippen LogP contribution is 2.21. The van der Waals surface area contributed by atoms with Crippen molar-refractivity contribution < 1.29 is 33.4 Å². The standard InChI is InChI=1S/C37H55N9O7/c38-28(22-25-10-3-1-4-11-25)33(48)45-30(15-9-19-42-36(40)41)34(49)46-31(23-26-16-20-52-21-17-26)35(50)44-29(32(39)47)14-7-8-18-43-37(51)53-24-27-12-5-2-6-13-27/h1-6,10-13,26,28-31H,7-9,14-24,38H2,(H2,39,47)(H,43,51)(H,44,50)(H,45,48)(H,46,49)(H4,40,41,42)/t28-,29-,30+,31-/m0/s1. The largest absolute Gasteiger partial charge is 0.445 e. The topological polar surface area (TPSA) is 268 Å². The molecule has 16 heteroatoms. The van der Waals surface area contributed by atoms with E-state index in [4.69, 9.17) is 32.4 Å². The molecule has 2 aromatic rings. The summed E-state index contributed by atoms with van der Waals surface area (Å²) in [6.45, 7) is 1.69. The highest BCUT2D eigenvalue weighted by molar-refractivity contribution is 5.94. The number of hydrogen-bond acceptors (Lipinski definition) is 9. The zero-order valence-electron chi connectivity index (χ0n) is 30.2. The van der Waals surface area contributed by atoms with Crippen LogP contribution in [0, 0.1) is 5.92 Å². The fourth-order valence-electron chi connectivity index (χ4n) is 5.83. The Kier molecular flexibility index (Phi) is 18.6. The van der Waals surface area contributed by atoms with E-state index in [1.165, 1.54) is 0 Å². The second-order valence-corrected chi connectivity index (χ2v) is 13.1. The molecule has 1 aliphatic rings. The summed E-state index contributed by atoms with van der Waals surface area (Å²) in [6, 6.07) is 14.5. The van der Waals surface area contributed by atoms with Gasteiger partial charge < -0.3 is 53.7 Å². The lowest BCUT2D eigenvalue weighted by atomic mass is 9.91. The van der Waals surface area contributed by atoms with Gasteiger partial charge >= 0.3 is 6.09 Å². The predicted molar refractivity (Wildman–Crippen MR) is 200 cm³/mol. The average Bonchev–Trinajstić information content (AvgIpc) is 3.15. The molecule has 0 unspecified atom stereocenters. The fourth-order valence-corrected chi connectivity index (χ4v) is 5.83. The number of ether oxygens (including phenoxy) is 2. The summed E-state index contributed by atoms with van der Waals surface area (Å²) in [5.41, 5.74) is 24.5. The van der Waals surface area contributed by atoms with Gasteiger partial charge in [0.1, 0.15) is 24.7 Å². The van der Waals surface area contributed by atoms with Crippen molar-refractivity contribution in [1.82, 2.24) is 21.3 Å². The number of hydrogen-bond donors (Lipinski definition) is 8. The van der Waals surface area contributed by atoms with Gasteiger partial charge in [-0.1, -0.05) is 60.7 Å². The van der Waals surface area contributed by atoms with E-state index in [2.05, 4.69) is 26.3 Å². The molecule has 0 bridgehead atoms. The van der Waals surface area contributed by atoms with Crippen molar-refractivity contribution in [1.29, 1.82) is 0 Å². The summed E-state index contributed by atoms with van der Waals surface area (Å²) in [6.07, 6.45) is 3.02. The van der Waals surface area contributed by atoms with E-state index in [-0.39, 0.29) is 50.7 Å². The number of carbonyl (C=O) groups excluding carboxylic acids is 5. The van der Waals surface area contributed by atoms with E-state index in [0.717, 1.165) is 11.1 Å². The summed E-state index contributed by atoms with van der Waals surface area (Å²) in [4.78, 5) is 69.1. The monoisotopic (exact) mass is 737 g/mol. The smallest absolute Gasteiger partial charge is 0.407 e. The zero-order valence-corrected chi connectivity index (χ0v) is 30.2. The van der Waals surface area contributed by atoms with Crippen LogP contribution in [0.1, 0.15) is 62.5 Å². The number of benzene rings is 2. The normalized spacial score (nSPS) is 15.1. The first-order valence-electron chi connectivity index (χ1n) is 18.1. The molecule has 1 fully saturated rings. The van der Waals surface area contributed by atoms with Crippen molar-refractivity contribution in [3.8, 4) is 0 Å². The van der Waals surface area contributed by atoms with Gasteiger partial charge in [0.2, 0.25) is 23.6 Å². The number of rotatable bonds is 22. The van der Waals surface area contributed by atoms with Gasteiger partial charge in [0.25, 0.3) is 0 Å². The van der Waals surface area contributed by atoms with E-state index >= 15 is 0 Å². The maximum atomic E-state index is 13.8. The number of carbonyl (C=O) groups is 5. The van der Waals surface area contributed by atoms with Crippen LogP contribution in [0.5, 0.6) is 0 Å². The van der Waals surface area contributed by atoms with Crippen LogP contribution in [-0.2, 0) is 41.7 Å². The van der Waals surface area contributed by atoms with Crippen LogP contribution in [0.25, 0.3) is 0 Å². The first-order valence-corrected chi connectivity index (χ1v) is 18.1.